The molecule has 0 radical (unpaired) electrons. The smallest absolute Gasteiger partial charge is 0.265 e. The maximum absolute atomic E-state index is 12.0. The van der Waals surface area contributed by atoms with E-state index in [1.165, 1.54) is 6.20 Å². The fourth-order valence-corrected chi connectivity index (χ4v) is 1.01. The van der Waals surface area contributed by atoms with Crippen molar-refractivity contribution in [2.24, 2.45) is 5.84 Å². The number of hydrogen-bond acceptors (Lipinski definition) is 6. The summed E-state index contributed by atoms with van der Waals surface area (Å²) >= 11 is 5.69. The number of nitrogens with one attached hydrogen (secondary N) is 2. The first kappa shape index (κ1) is 12.8. The molecule has 0 aromatic carbocycles. The molecular weight excluding hydrogens is 244 g/mol. The van der Waals surface area contributed by atoms with E-state index >= 15 is 0 Å². The maximum Gasteiger partial charge on any atom is 0.265 e. The number of aromatic nitrogens is 2. The number of hydrazine groups is 1. The SMILES string of the molecule is NNc1ncc(Cl)c(NCC(O)C(F)F)n1. The molecule has 1 aromatic heterocycles. The highest BCUT2D eigenvalue weighted by molar-refractivity contribution is 6.32. The van der Waals surface area contributed by atoms with E-state index in [2.05, 4.69) is 20.7 Å². The minimum Gasteiger partial charge on any atom is -0.385 e. The van der Waals surface area contributed by atoms with Gasteiger partial charge in [-0.1, -0.05) is 11.6 Å². The van der Waals surface area contributed by atoms with Crippen LogP contribution in [0.2, 0.25) is 5.02 Å². The van der Waals surface area contributed by atoms with Crippen LogP contribution in [-0.4, -0.2) is 34.1 Å². The van der Waals surface area contributed by atoms with Gasteiger partial charge in [-0.2, -0.15) is 4.98 Å². The zero-order valence-corrected chi connectivity index (χ0v) is 8.75. The third-order valence-electron chi connectivity index (χ3n) is 1.64. The van der Waals surface area contributed by atoms with Crippen molar-refractivity contribution in [2.45, 2.75) is 12.5 Å². The monoisotopic (exact) mass is 253 g/mol. The van der Waals surface area contributed by atoms with Crippen LogP contribution < -0.4 is 16.6 Å². The quantitative estimate of drug-likeness (QED) is 0.450. The average Bonchev–Trinajstić information content (AvgIpc) is 2.27. The minimum absolute atomic E-state index is 0.0819. The third kappa shape index (κ3) is 3.40. The van der Waals surface area contributed by atoms with E-state index in [4.69, 9.17) is 22.6 Å². The van der Waals surface area contributed by atoms with Crippen molar-refractivity contribution < 1.29 is 13.9 Å². The van der Waals surface area contributed by atoms with Crippen LogP contribution in [0.4, 0.5) is 20.5 Å². The van der Waals surface area contributed by atoms with E-state index in [-0.39, 0.29) is 23.3 Å². The van der Waals surface area contributed by atoms with Crippen LogP contribution in [0.15, 0.2) is 6.20 Å². The second kappa shape index (κ2) is 5.73. The van der Waals surface area contributed by atoms with Gasteiger partial charge < -0.3 is 10.4 Å². The number of aliphatic hydroxyl groups excluding tert-OH is 1. The van der Waals surface area contributed by atoms with E-state index in [1.807, 2.05) is 0 Å². The summed E-state index contributed by atoms with van der Waals surface area (Å²) in [5.41, 5.74) is 2.17. The molecule has 0 fully saturated rings. The highest BCUT2D eigenvalue weighted by Crippen LogP contribution is 2.19. The lowest BCUT2D eigenvalue weighted by Gasteiger charge is -2.12. The molecule has 1 unspecified atom stereocenters. The molecule has 0 saturated carbocycles. The molecular formula is C7H10ClF2N5O. The van der Waals surface area contributed by atoms with Gasteiger partial charge in [-0.05, 0) is 0 Å². The molecule has 0 amide bonds. The second-order valence-electron chi connectivity index (χ2n) is 2.82. The number of nitrogen functional groups attached to an aromatic ring is 1. The van der Waals surface area contributed by atoms with Gasteiger partial charge in [-0.25, -0.2) is 19.6 Å². The number of rotatable bonds is 5. The lowest BCUT2D eigenvalue weighted by atomic mass is 10.3. The molecule has 5 N–H and O–H groups in total. The Labute approximate surface area is 94.8 Å². The molecule has 16 heavy (non-hydrogen) atoms. The number of halogens is 3. The van der Waals surface area contributed by atoms with Gasteiger partial charge in [0, 0.05) is 6.54 Å². The van der Waals surface area contributed by atoms with Crippen LogP contribution in [0.3, 0.4) is 0 Å². The van der Waals surface area contributed by atoms with Crippen molar-refractivity contribution in [3.63, 3.8) is 0 Å². The van der Waals surface area contributed by atoms with Gasteiger partial charge in [0.2, 0.25) is 5.95 Å². The number of aliphatic hydroxyl groups is 1. The third-order valence-corrected chi connectivity index (χ3v) is 1.92. The van der Waals surface area contributed by atoms with Crippen LogP contribution >= 0.6 is 11.6 Å². The number of hydrogen-bond donors (Lipinski definition) is 4. The van der Waals surface area contributed by atoms with Gasteiger partial charge in [0.15, 0.2) is 5.82 Å². The molecule has 0 aliphatic heterocycles. The van der Waals surface area contributed by atoms with Crippen molar-refractivity contribution >= 4 is 23.4 Å². The van der Waals surface area contributed by atoms with Gasteiger partial charge in [0.05, 0.1) is 6.20 Å². The minimum atomic E-state index is -2.83. The van der Waals surface area contributed by atoms with Crippen molar-refractivity contribution in [3.8, 4) is 0 Å². The Bertz CT molecular complexity index is 354. The van der Waals surface area contributed by atoms with Gasteiger partial charge in [0.1, 0.15) is 11.1 Å². The van der Waals surface area contributed by atoms with Crippen LogP contribution in [0.5, 0.6) is 0 Å². The van der Waals surface area contributed by atoms with E-state index in [0.717, 1.165) is 0 Å². The molecule has 1 atom stereocenters. The summed E-state index contributed by atoms with van der Waals surface area (Å²) in [6, 6.07) is 0. The Balaban J connectivity index is 2.65. The molecule has 0 aliphatic carbocycles. The van der Waals surface area contributed by atoms with E-state index in [0.29, 0.717) is 0 Å². The largest absolute Gasteiger partial charge is 0.385 e. The highest BCUT2D eigenvalue weighted by atomic mass is 35.5. The van der Waals surface area contributed by atoms with Gasteiger partial charge >= 0.3 is 0 Å². The Morgan fingerprint density at radius 1 is 1.56 bits per heavy atom. The van der Waals surface area contributed by atoms with Crippen molar-refractivity contribution in [3.05, 3.63) is 11.2 Å². The first-order valence-corrected chi connectivity index (χ1v) is 4.61. The number of alkyl halides is 2. The van der Waals surface area contributed by atoms with E-state index in [9.17, 15) is 8.78 Å². The molecule has 90 valence electrons. The summed E-state index contributed by atoms with van der Waals surface area (Å²) in [7, 11) is 0. The summed E-state index contributed by atoms with van der Waals surface area (Å²) in [5, 5.41) is 11.5. The fourth-order valence-electron chi connectivity index (χ4n) is 0.851. The van der Waals surface area contributed by atoms with Crippen molar-refractivity contribution in [1.82, 2.24) is 9.97 Å². The van der Waals surface area contributed by atoms with E-state index < -0.39 is 12.5 Å². The standard InChI is InChI=1S/C7H10ClF2N5O/c8-3-1-13-7(15-11)14-6(3)12-2-4(16)5(9)10/h1,4-5,16H,2,11H2,(H2,12,13,14,15). The Morgan fingerprint density at radius 3 is 2.81 bits per heavy atom. The van der Waals surface area contributed by atoms with Gasteiger partial charge in [0.25, 0.3) is 6.43 Å². The zero-order chi connectivity index (χ0) is 12.1. The fraction of sp³-hybridized carbons (Fsp3) is 0.429. The Morgan fingerprint density at radius 2 is 2.25 bits per heavy atom. The topological polar surface area (TPSA) is 96.1 Å². The lowest BCUT2D eigenvalue weighted by Crippen LogP contribution is -2.27. The van der Waals surface area contributed by atoms with Crippen LogP contribution in [0, 0.1) is 0 Å². The van der Waals surface area contributed by atoms with Crippen LogP contribution in [0.1, 0.15) is 0 Å². The lowest BCUT2D eigenvalue weighted by molar-refractivity contribution is 0.00381. The molecule has 1 aromatic rings. The Kier molecular flexibility index (Phi) is 4.59. The molecule has 0 aliphatic rings. The maximum atomic E-state index is 12.0. The highest BCUT2D eigenvalue weighted by Gasteiger charge is 2.17. The summed E-state index contributed by atoms with van der Waals surface area (Å²) in [6.07, 6.45) is -3.37. The first-order chi connectivity index (χ1) is 7.54. The average molecular weight is 254 g/mol. The summed E-state index contributed by atoms with van der Waals surface area (Å²) in [5.74, 6) is 5.25. The molecule has 0 saturated heterocycles. The number of nitrogens with two attached hydrogens (primary N) is 1. The van der Waals surface area contributed by atoms with E-state index in [1.54, 1.807) is 0 Å². The van der Waals surface area contributed by atoms with Crippen molar-refractivity contribution in [1.29, 1.82) is 0 Å². The van der Waals surface area contributed by atoms with Crippen molar-refractivity contribution in [2.75, 3.05) is 17.3 Å². The molecule has 0 bridgehead atoms. The predicted molar refractivity (Wildman–Crippen MR) is 55.4 cm³/mol. The van der Waals surface area contributed by atoms with Gasteiger partial charge in [-0.3, -0.25) is 5.43 Å². The molecule has 0 spiro atoms. The van der Waals surface area contributed by atoms with Crippen LogP contribution in [0.25, 0.3) is 0 Å². The molecule has 1 rings (SSSR count). The molecule has 9 heteroatoms. The van der Waals surface area contributed by atoms with Crippen LogP contribution in [-0.2, 0) is 0 Å². The zero-order valence-electron chi connectivity index (χ0n) is 7.99. The Hall–Kier alpha value is -1.25. The normalized spacial score (nSPS) is 12.6. The summed E-state index contributed by atoms with van der Waals surface area (Å²) < 4.78 is 24.0. The second-order valence-corrected chi connectivity index (χ2v) is 3.22. The molecule has 6 nitrogen and oxygen atoms in total. The predicted octanol–water partition coefficient (Wildman–Crippen LogP) is 0.453. The number of nitrogens with zero attached hydrogens (tertiary/aromatic N) is 2. The van der Waals surface area contributed by atoms with Gasteiger partial charge in [-0.15, -0.1) is 0 Å². The first-order valence-electron chi connectivity index (χ1n) is 4.24. The molecule has 1 heterocycles. The summed E-state index contributed by atoms with van der Waals surface area (Å²) in [4.78, 5) is 7.47. The summed E-state index contributed by atoms with van der Waals surface area (Å²) in [6.45, 7) is -0.377. The number of anilines is 2.